The van der Waals surface area contributed by atoms with E-state index in [9.17, 15) is 4.79 Å². The molecule has 1 amide bonds. The van der Waals surface area contributed by atoms with Crippen molar-refractivity contribution in [2.24, 2.45) is 7.05 Å². The van der Waals surface area contributed by atoms with E-state index in [0.717, 1.165) is 22.4 Å². The summed E-state index contributed by atoms with van der Waals surface area (Å²) in [6.45, 7) is 8.75. The molecule has 0 unspecified atom stereocenters. The Morgan fingerprint density at radius 2 is 2.00 bits per heavy atom. The molecule has 0 aliphatic rings. The van der Waals surface area contributed by atoms with Gasteiger partial charge in [-0.1, -0.05) is 6.07 Å². The van der Waals surface area contributed by atoms with Crippen LogP contribution < -0.4 is 4.74 Å². The summed E-state index contributed by atoms with van der Waals surface area (Å²) in [5.41, 5.74) is 3.95. The molecule has 7 heteroatoms. The third-order valence-electron chi connectivity index (χ3n) is 4.82. The zero-order valence-electron chi connectivity index (χ0n) is 17.6. The van der Waals surface area contributed by atoms with Crippen LogP contribution in [0.15, 0.2) is 42.9 Å². The highest BCUT2D eigenvalue weighted by Crippen LogP contribution is 2.26. The van der Waals surface area contributed by atoms with Gasteiger partial charge in [0.05, 0.1) is 11.7 Å². The number of pyridine rings is 2. The van der Waals surface area contributed by atoms with E-state index in [-0.39, 0.29) is 11.9 Å². The molecule has 0 aromatic carbocycles. The van der Waals surface area contributed by atoms with Crippen LogP contribution in [-0.2, 0) is 7.05 Å². The number of carbonyl (C=O) groups is 1. The average molecular weight is 393 g/mol. The topological polar surface area (TPSA) is 73.1 Å². The maximum atomic E-state index is 13.4. The first-order valence-electron chi connectivity index (χ1n) is 9.72. The Morgan fingerprint density at radius 3 is 2.62 bits per heavy atom. The monoisotopic (exact) mass is 393 g/mol. The number of ether oxygens (including phenoxy) is 1. The van der Waals surface area contributed by atoms with Crippen LogP contribution in [0.2, 0.25) is 0 Å². The van der Waals surface area contributed by atoms with Crippen molar-refractivity contribution in [3.63, 3.8) is 0 Å². The Morgan fingerprint density at radius 1 is 1.21 bits per heavy atom. The number of hydrogen-bond acceptors (Lipinski definition) is 5. The Hall–Kier alpha value is -3.22. The predicted molar refractivity (Wildman–Crippen MR) is 112 cm³/mol. The van der Waals surface area contributed by atoms with E-state index in [4.69, 9.17) is 4.74 Å². The van der Waals surface area contributed by atoms with Gasteiger partial charge in [0.1, 0.15) is 12.3 Å². The number of aryl methyl sites for hydroxylation is 3. The minimum Gasteiger partial charge on any atom is -0.475 e. The van der Waals surface area contributed by atoms with Gasteiger partial charge in [-0.15, -0.1) is 0 Å². The van der Waals surface area contributed by atoms with Crippen LogP contribution in [0, 0.1) is 13.8 Å². The zero-order chi connectivity index (χ0) is 21.0. The average Bonchev–Trinajstić information content (AvgIpc) is 3.13. The van der Waals surface area contributed by atoms with Gasteiger partial charge in [-0.25, -0.2) is 4.98 Å². The third-order valence-corrected chi connectivity index (χ3v) is 4.82. The molecule has 0 aliphatic carbocycles. The fourth-order valence-electron chi connectivity index (χ4n) is 3.22. The fraction of sp³-hybridized carbons (Fsp3) is 0.364. The molecule has 0 aliphatic heterocycles. The van der Waals surface area contributed by atoms with Crippen molar-refractivity contribution in [3.8, 4) is 17.1 Å². The van der Waals surface area contributed by atoms with E-state index in [1.165, 1.54) is 0 Å². The van der Waals surface area contributed by atoms with E-state index in [0.29, 0.717) is 24.7 Å². The number of amides is 1. The van der Waals surface area contributed by atoms with Crippen LogP contribution >= 0.6 is 0 Å². The summed E-state index contributed by atoms with van der Waals surface area (Å²) in [6.07, 6.45) is 5.29. The highest BCUT2D eigenvalue weighted by atomic mass is 16.5. The molecule has 152 valence electrons. The van der Waals surface area contributed by atoms with Crippen molar-refractivity contribution in [2.45, 2.75) is 33.7 Å². The van der Waals surface area contributed by atoms with Crippen LogP contribution in [0.3, 0.4) is 0 Å². The van der Waals surface area contributed by atoms with Crippen molar-refractivity contribution in [2.75, 3.05) is 13.2 Å². The van der Waals surface area contributed by atoms with E-state index in [2.05, 4.69) is 15.1 Å². The lowest BCUT2D eigenvalue weighted by molar-refractivity contribution is 0.0641. The summed E-state index contributed by atoms with van der Waals surface area (Å²) in [6, 6.07) is 7.43. The van der Waals surface area contributed by atoms with Gasteiger partial charge in [0.25, 0.3) is 5.91 Å². The predicted octanol–water partition coefficient (Wildman–Crippen LogP) is 3.42. The molecular weight excluding hydrogens is 366 g/mol. The molecule has 0 radical (unpaired) electrons. The summed E-state index contributed by atoms with van der Waals surface area (Å²) in [4.78, 5) is 23.8. The summed E-state index contributed by atoms with van der Waals surface area (Å²) in [7, 11) is 1.85. The summed E-state index contributed by atoms with van der Waals surface area (Å²) in [5, 5.41) is 4.47. The van der Waals surface area contributed by atoms with Crippen molar-refractivity contribution < 1.29 is 9.53 Å². The molecule has 0 saturated heterocycles. The first kappa shape index (κ1) is 20.5. The van der Waals surface area contributed by atoms with Crippen LogP contribution in [0.25, 0.3) is 11.3 Å². The zero-order valence-corrected chi connectivity index (χ0v) is 17.6. The number of aromatic nitrogens is 4. The summed E-state index contributed by atoms with van der Waals surface area (Å²) in [5.74, 6) is 0.415. The number of nitrogens with zero attached hydrogens (tertiary/aromatic N) is 5. The molecule has 0 bridgehead atoms. The van der Waals surface area contributed by atoms with Crippen molar-refractivity contribution in [3.05, 3.63) is 59.7 Å². The van der Waals surface area contributed by atoms with Crippen LogP contribution in [0.1, 0.15) is 35.5 Å². The van der Waals surface area contributed by atoms with Crippen molar-refractivity contribution in [1.82, 2.24) is 24.6 Å². The first-order valence-corrected chi connectivity index (χ1v) is 9.72. The number of hydrogen-bond donors (Lipinski definition) is 0. The molecule has 3 aromatic rings. The second kappa shape index (κ2) is 8.86. The quantitative estimate of drug-likeness (QED) is 0.615. The largest absolute Gasteiger partial charge is 0.475 e. The van der Waals surface area contributed by atoms with Gasteiger partial charge < -0.3 is 9.64 Å². The Kier molecular flexibility index (Phi) is 6.26. The van der Waals surface area contributed by atoms with Crippen LogP contribution in [0.5, 0.6) is 5.88 Å². The maximum absolute atomic E-state index is 13.4. The number of carbonyl (C=O) groups excluding carboxylic acids is 1. The van der Waals surface area contributed by atoms with Gasteiger partial charge in [-0.05, 0) is 51.0 Å². The summed E-state index contributed by atoms with van der Waals surface area (Å²) < 4.78 is 7.51. The van der Waals surface area contributed by atoms with E-state index < -0.39 is 0 Å². The molecule has 3 aromatic heterocycles. The maximum Gasteiger partial charge on any atom is 0.273 e. The lowest BCUT2D eigenvalue weighted by Gasteiger charge is -2.28. The normalized spacial score (nSPS) is 11.9. The molecular formula is C22H27N5O2. The Bertz CT molecular complexity index is 981. The first-order chi connectivity index (χ1) is 13.9. The number of rotatable bonds is 7. The van der Waals surface area contributed by atoms with E-state index in [1.54, 1.807) is 22.0 Å². The molecule has 1 atom stereocenters. The van der Waals surface area contributed by atoms with Gasteiger partial charge in [-0.2, -0.15) is 5.10 Å². The fourth-order valence-corrected chi connectivity index (χ4v) is 3.22. The van der Waals surface area contributed by atoms with Crippen LogP contribution in [0.4, 0.5) is 0 Å². The third kappa shape index (κ3) is 4.62. The molecule has 0 fully saturated rings. The minimum absolute atomic E-state index is 0.134. The Labute approximate surface area is 171 Å². The molecule has 0 N–H and O–H groups in total. The lowest BCUT2D eigenvalue weighted by atomic mass is 10.0. The standard InChI is InChI=1S/C22H27N5O2/c1-6-27(17(4)14-29-19-8-7-15(2)13-24-19)22(28)21-20(16(3)9-11-23-21)18-10-12-26(5)25-18/h7-13,17H,6,14H2,1-5H3/t17-/m0/s1. The van der Waals surface area contributed by atoms with Gasteiger partial charge >= 0.3 is 0 Å². The second-order valence-electron chi connectivity index (χ2n) is 7.15. The molecule has 0 saturated carbocycles. The van der Waals surface area contributed by atoms with Crippen molar-refractivity contribution >= 4 is 5.91 Å². The van der Waals surface area contributed by atoms with Gasteiger partial charge in [0.2, 0.25) is 5.88 Å². The van der Waals surface area contributed by atoms with Gasteiger partial charge in [0, 0.05) is 43.8 Å². The van der Waals surface area contributed by atoms with E-state index >= 15 is 0 Å². The number of likely N-dealkylation sites (N-methyl/N-ethyl adjacent to an activating group) is 1. The molecule has 7 nitrogen and oxygen atoms in total. The lowest BCUT2D eigenvalue weighted by Crippen LogP contribution is -2.42. The SMILES string of the molecule is CCN(C(=O)c1nccc(C)c1-c1ccn(C)n1)[C@@H](C)COc1ccc(C)cn1. The minimum atomic E-state index is -0.144. The van der Waals surface area contributed by atoms with Gasteiger partial charge in [0.15, 0.2) is 0 Å². The second-order valence-corrected chi connectivity index (χ2v) is 7.15. The molecule has 3 rings (SSSR count). The molecule has 0 spiro atoms. The summed E-state index contributed by atoms with van der Waals surface area (Å²) >= 11 is 0. The van der Waals surface area contributed by atoms with E-state index in [1.807, 2.05) is 65.2 Å². The molecule has 3 heterocycles. The molecule has 29 heavy (non-hydrogen) atoms. The Balaban J connectivity index is 1.82. The van der Waals surface area contributed by atoms with Crippen molar-refractivity contribution in [1.29, 1.82) is 0 Å². The van der Waals surface area contributed by atoms with Crippen LogP contribution in [-0.4, -0.2) is 49.7 Å². The highest BCUT2D eigenvalue weighted by molar-refractivity contribution is 5.99. The smallest absolute Gasteiger partial charge is 0.273 e. The highest BCUT2D eigenvalue weighted by Gasteiger charge is 2.26. The van der Waals surface area contributed by atoms with Gasteiger partial charge in [-0.3, -0.25) is 14.5 Å².